The number of sulfone groups is 1. The first-order valence-corrected chi connectivity index (χ1v) is 11.9. The van der Waals surface area contributed by atoms with Crippen molar-refractivity contribution in [2.45, 2.75) is 40.1 Å². The van der Waals surface area contributed by atoms with E-state index in [1.807, 2.05) is 0 Å². The molecule has 2 heterocycles. The van der Waals surface area contributed by atoms with Gasteiger partial charge in [0.05, 0.1) is 10.9 Å². The first-order chi connectivity index (χ1) is 16.5. The van der Waals surface area contributed by atoms with Gasteiger partial charge in [0.2, 0.25) is 6.41 Å². The molecule has 1 saturated heterocycles. The van der Waals surface area contributed by atoms with Crippen LogP contribution in [0.2, 0.25) is 0 Å². The highest BCUT2D eigenvalue weighted by molar-refractivity contribution is 7.92. The number of likely N-dealkylation sites (tertiary alicyclic amines) is 1. The summed E-state index contributed by atoms with van der Waals surface area (Å²) in [6.07, 6.45) is -12.5. The zero-order valence-electron chi connectivity index (χ0n) is 18.4. The Hall–Kier alpha value is -2.90. The van der Waals surface area contributed by atoms with E-state index in [0.29, 0.717) is 12.5 Å². The number of nitrogens with zero attached hydrogens (tertiary/aromatic N) is 2. The summed E-state index contributed by atoms with van der Waals surface area (Å²) in [7, 11) is -3.22. The van der Waals surface area contributed by atoms with Crippen LogP contribution in [0.4, 0.5) is 40.8 Å². The predicted molar refractivity (Wildman–Crippen MR) is 111 cm³/mol. The van der Waals surface area contributed by atoms with E-state index in [-0.39, 0.29) is 41.7 Å². The van der Waals surface area contributed by atoms with Crippen molar-refractivity contribution in [3.05, 3.63) is 59.4 Å². The number of hydrogen-bond donors (Lipinski definition) is 0. The van der Waals surface area contributed by atoms with Crippen LogP contribution in [-0.4, -0.2) is 58.3 Å². The molecule has 196 valence electrons. The Morgan fingerprint density at radius 3 is 2.08 bits per heavy atom. The molecule has 2 aromatic carbocycles. The SMILES string of the molecule is CN1CC2N(C=O)CCC2(S(=O)(=O)c2ccc(F)cc2)c2ccc(C(F)(C(F)(F)F)C(F)(F)F)cc21. The Labute approximate surface area is 200 Å². The highest BCUT2D eigenvalue weighted by atomic mass is 32.2. The van der Waals surface area contributed by atoms with Gasteiger partial charge >= 0.3 is 18.0 Å². The van der Waals surface area contributed by atoms with Crippen LogP contribution in [0.25, 0.3) is 0 Å². The van der Waals surface area contributed by atoms with Gasteiger partial charge in [-0.3, -0.25) is 4.79 Å². The Kier molecular flexibility index (Phi) is 5.85. The number of carbonyl (C=O) groups is 1. The van der Waals surface area contributed by atoms with Crippen molar-refractivity contribution in [1.82, 2.24) is 4.90 Å². The molecule has 0 aromatic heterocycles. The van der Waals surface area contributed by atoms with Crippen molar-refractivity contribution in [3.8, 4) is 0 Å². The van der Waals surface area contributed by atoms with E-state index in [0.717, 1.165) is 30.3 Å². The number of halogens is 8. The third-order valence-corrected chi connectivity index (χ3v) is 9.46. The van der Waals surface area contributed by atoms with Crippen LogP contribution in [0.15, 0.2) is 47.4 Å². The fraction of sp³-hybridized carbons (Fsp3) is 0.409. The first kappa shape index (κ1) is 26.2. The van der Waals surface area contributed by atoms with E-state index in [1.54, 1.807) is 0 Å². The maximum Gasteiger partial charge on any atom is 0.435 e. The minimum absolute atomic E-state index is 0.0816. The van der Waals surface area contributed by atoms with Crippen molar-refractivity contribution in [1.29, 1.82) is 0 Å². The van der Waals surface area contributed by atoms with Crippen molar-refractivity contribution in [2.75, 3.05) is 25.0 Å². The van der Waals surface area contributed by atoms with Crippen LogP contribution in [-0.2, 0) is 25.0 Å². The normalized spacial score (nSPS) is 22.9. The number of carbonyl (C=O) groups excluding carboxylic acids is 1. The predicted octanol–water partition coefficient (Wildman–Crippen LogP) is 4.46. The number of benzene rings is 2. The monoisotopic (exact) mass is 542 g/mol. The Morgan fingerprint density at radius 1 is 0.972 bits per heavy atom. The highest BCUT2D eigenvalue weighted by Gasteiger charge is 2.74. The quantitative estimate of drug-likeness (QED) is 0.325. The molecule has 1 fully saturated rings. The molecule has 0 spiro atoms. The summed E-state index contributed by atoms with van der Waals surface area (Å²) >= 11 is 0. The molecule has 36 heavy (non-hydrogen) atoms. The fourth-order valence-electron chi connectivity index (χ4n) is 5.13. The lowest BCUT2D eigenvalue weighted by molar-refractivity contribution is -0.348. The molecule has 0 bridgehead atoms. The molecule has 2 aliphatic rings. The summed E-state index contributed by atoms with van der Waals surface area (Å²) in [4.78, 5) is 13.7. The average molecular weight is 542 g/mol. The molecule has 2 atom stereocenters. The molecule has 0 N–H and O–H groups in total. The fourth-order valence-corrected chi connectivity index (χ4v) is 7.43. The molecule has 0 saturated carbocycles. The second-order valence-electron chi connectivity index (χ2n) is 8.72. The summed E-state index contributed by atoms with van der Waals surface area (Å²) < 4.78 is 134. The zero-order valence-corrected chi connectivity index (χ0v) is 19.2. The van der Waals surface area contributed by atoms with Gasteiger partial charge < -0.3 is 9.80 Å². The third-order valence-electron chi connectivity index (χ3n) is 6.91. The lowest BCUT2D eigenvalue weighted by Gasteiger charge is -2.46. The van der Waals surface area contributed by atoms with Gasteiger partial charge in [-0.15, -0.1) is 0 Å². The van der Waals surface area contributed by atoms with Gasteiger partial charge in [0, 0.05) is 31.4 Å². The molecule has 0 aliphatic carbocycles. The molecular weight excluding hydrogens is 524 g/mol. The molecule has 5 nitrogen and oxygen atoms in total. The summed E-state index contributed by atoms with van der Waals surface area (Å²) in [6.45, 7) is -0.366. The molecule has 1 amide bonds. The van der Waals surface area contributed by atoms with Gasteiger partial charge in [0.1, 0.15) is 10.6 Å². The van der Waals surface area contributed by atoms with Crippen LogP contribution in [0, 0.1) is 5.82 Å². The van der Waals surface area contributed by atoms with Crippen LogP contribution >= 0.6 is 0 Å². The molecule has 0 radical (unpaired) electrons. The smallest absolute Gasteiger partial charge is 0.372 e. The number of rotatable bonds is 4. The second kappa shape index (κ2) is 8.05. The largest absolute Gasteiger partial charge is 0.435 e. The minimum Gasteiger partial charge on any atom is -0.372 e. The topological polar surface area (TPSA) is 57.7 Å². The average Bonchev–Trinajstić information content (AvgIpc) is 3.17. The maximum absolute atomic E-state index is 14.8. The van der Waals surface area contributed by atoms with Crippen molar-refractivity contribution in [3.63, 3.8) is 0 Å². The highest BCUT2D eigenvalue weighted by Crippen LogP contribution is 2.57. The van der Waals surface area contributed by atoms with Gasteiger partial charge in [-0.1, -0.05) is 12.1 Å². The van der Waals surface area contributed by atoms with Crippen LogP contribution < -0.4 is 4.90 Å². The zero-order chi connectivity index (χ0) is 26.9. The van der Waals surface area contributed by atoms with Crippen molar-refractivity contribution in [2.24, 2.45) is 0 Å². The number of amides is 1. The van der Waals surface area contributed by atoms with Gasteiger partial charge in [0.25, 0.3) is 0 Å². The third kappa shape index (κ3) is 3.40. The summed E-state index contributed by atoms with van der Waals surface area (Å²) in [6, 6.07) is 3.99. The molecule has 2 unspecified atom stereocenters. The Morgan fingerprint density at radius 2 is 1.56 bits per heavy atom. The molecule has 14 heteroatoms. The van der Waals surface area contributed by atoms with Crippen molar-refractivity contribution >= 4 is 21.9 Å². The standard InChI is InChI=1S/C22H18F8N2O3S/c1-31-11-18-19(8-9-32(18)12-33,36(34,35)15-5-3-14(23)4-6-15)16-7-2-13(10-17(16)31)20(24,21(25,26)27)22(28,29)30/h2-7,10,12,18H,8-9,11H2,1H3. The molecule has 2 aliphatic heterocycles. The van der Waals surface area contributed by atoms with Gasteiger partial charge in [-0.2, -0.15) is 26.3 Å². The summed E-state index contributed by atoms with van der Waals surface area (Å²) in [5.41, 5.74) is -8.02. The minimum atomic E-state index is -6.35. The van der Waals surface area contributed by atoms with Gasteiger partial charge in [0.15, 0.2) is 9.84 Å². The second-order valence-corrected chi connectivity index (χ2v) is 10.9. The summed E-state index contributed by atoms with van der Waals surface area (Å²) in [5.74, 6) is -0.740. The summed E-state index contributed by atoms with van der Waals surface area (Å²) in [5, 5.41) is 0. The molecule has 4 rings (SSSR count). The van der Waals surface area contributed by atoms with E-state index >= 15 is 0 Å². The van der Waals surface area contributed by atoms with Crippen LogP contribution in [0.3, 0.4) is 0 Å². The lowest BCUT2D eigenvalue weighted by Crippen LogP contribution is -2.56. The Balaban J connectivity index is 2.00. The molecular formula is C22H18F8N2O3S. The van der Waals surface area contributed by atoms with Crippen LogP contribution in [0.1, 0.15) is 17.5 Å². The van der Waals surface area contributed by atoms with Gasteiger partial charge in [-0.25, -0.2) is 17.2 Å². The van der Waals surface area contributed by atoms with E-state index in [9.17, 15) is 48.3 Å². The number of fused-ring (bicyclic) bond motifs is 3. The van der Waals surface area contributed by atoms with E-state index in [2.05, 4.69) is 0 Å². The van der Waals surface area contributed by atoms with Gasteiger partial charge in [-0.05, 0) is 42.3 Å². The van der Waals surface area contributed by atoms with E-state index in [1.165, 1.54) is 16.8 Å². The van der Waals surface area contributed by atoms with E-state index in [4.69, 9.17) is 0 Å². The number of anilines is 1. The lowest BCUT2D eigenvalue weighted by atomic mass is 9.82. The first-order valence-electron chi connectivity index (χ1n) is 10.4. The Bertz CT molecular complexity index is 1280. The number of likely N-dealkylation sites (N-methyl/N-ethyl adjacent to an activating group) is 1. The van der Waals surface area contributed by atoms with Crippen LogP contribution in [0.5, 0.6) is 0 Å². The maximum atomic E-state index is 14.8. The van der Waals surface area contributed by atoms with E-state index < -0.39 is 50.0 Å². The number of hydrogen-bond acceptors (Lipinski definition) is 4. The van der Waals surface area contributed by atoms with Crippen molar-refractivity contribution < 1.29 is 48.3 Å². The molecule has 2 aromatic rings. The number of alkyl halides is 7.